The van der Waals surface area contributed by atoms with Gasteiger partial charge in [0.1, 0.15) is 5.75 Å². The SMILES string of the molecule is COc1ccc(CO[C@@H]2C(OC(=Nc3ccccc3)C(F)(F)F)O[C@@H](C)[C@@H](OC(C)=O)[C@H]2OC(C)=O)cc1. The van der Waals surface area contributed by atoms with Crippen molar-refractivity contribution in [3.63, 3.8) is 0 Å². The van der Waals surface area contributed by atoms with Gasteiger partial charge in [0.25, 0.3) is 5.90 Å². The second-order valence-electron chi connectivity index (χ2n) is 8.35. The van der Waals surface area contributed by atoms with Gasteiger partial charge >= 0.3 is 18.1 Å². The summed E-state index contributed by atoms with van der Waals surface area (Å²) in [7, 11) is 1.50. The van der Waals surface area contributed by atoms with Gasteiger partial charge in [0.2, 0.25) is 6.29 Å². The van der Waals surface area contributed by atoms with Crippen LogP contribution in [0.25, 0.3) is 0 Å². The van der Waals surface area contributed by atoms with Crippen molar-refractivity contribution in [1.29, 1.82) is 0 Å². The average molecular weight is 540 g/mol. The summed E-state index contributed by atoms with van der Waals surface area (Å²) in [6.07, 6.45) is -11.7. The van der Waals surface area contributed by atoms with E-state index in [-0.39, 0.29) is 12.3 Å². The predicted octanol–water partition coefficient (Wildman–Crippen LogP) is 4.50. The Kier molecular flexibility index (Phi) is 9.70. The smallest absolute Gasteiger partial charge is 0.468 e. The number of carbonyl (C=O) groups is 2. The van der Waals surface area contributed by atoms with E-state index in [2.05, 4.69) is 4.99 Å². The molecule has 12 heteroatoms. The summed E-state index contributed by atoms with van der Waals surface area (Å²) in [6.45, 7) is 3.57. The molecule has 2 aromatic rings. The van der Waals surface area contributed by atoms with E-state index in [1.54, 1.807) is 30.3 Å². The van der Waals surface area contributed by atoms with Crippen LogP contribution in [0.4, 0.5) is 18.9 Å². The molecule has 0 saturated carbocycles. The van der Waals surface area contributed by atoms with Crippen LogP contribution in [0.5, 0.6) is 5.75 Å². The van der Waals surface area contributed by atoms with Crippen molar-refractivity contribution >= 4 is 23.5 Å². The zero-order valence-electron chi connectivity index (χ0n) is 21.1. The molecule has 1 saturated heterocycles. The van der Waals surface area contributed by atoms with Gasteiger partial charge in [0.05, 0.1) is 25.5 Å². The maximum Gasteiger partial charge on any atom is 0.468 e. The lowest BCUT2D eigenvalue weighted by Crippen LogP contribution is -2.61. The summed E-state index contributed by atoms with van der Waals surface area (Å²) in [5.74, 6) is -2.49. The molecule has 206 valence electrons. The van der Waals surface area contributed by atoms with Gasteiger partial charge in [-0.2, -0.15) is 13.2 Å². The third-order valence-electron chi connectivity index (χ3n) is 5.39. The third kappa shape index (κ3) is 7.93. The Morgan fingerprint density at radius 3 is 2.05 bits per heavy atom. The molecule has 0 N–H and O–H groups in total. The fraction of sp³-hybridized carbons (Fsp3) is 0.423. The molecule has 1 aliphatic heterocycles. The summed E-state index contributed by atoms with van der Waals surface area (Å²) in [5.41, 5.74) is 0.622. The lowest BCUT2D eigenvalue weighted by atomic mass is 9.98. The minimum absolute atomic E-state index is 0.00582. The van der Waals surface area contributed by atoms with E-state index >= 15 is 0 Å². The molecule has 9 nitrogen and oxygen atoms in total. The van der Waals surface area contributed by atoms with Crippen LogP contribution in [-0.2, 0) is 39.9 Å². The van der Waals surface area contributed by atoms with Crippen molar-refractivity contribution in [2.24, 2.45) is 4.99 Å². The van der Waals surface area contributed by atoms with Crippen LogP contribution in [0.3, 0.4) is 0 Å². The van der Waals surface area contributed by atoms with Gasteiger partial charge in [0, 0.05) is 13.8 Å². The average Bonchev–Trinajstić information content (AvgIpc) is 2.85. The maximum atomic E-state index is 13.9. The summed E-state index contributed by atoms with van der Waals surface area (Å²) in [4.78, 5) is 27.3. The third-order valence-corrected chi connectivity index (χ3v) is 5.39. The van der Waals surface area contributed by atoms with Crippen molar-refractivity contribution in [2.75, 3.05) is 7.11 Å². The highest BCUT2D eigenvalue weighted by atomic mass is 19.4. The lowest BCUT2D eigenvalue weighted by molar-refractivity contribution is -0.294. The quantitative estimate of drug-likeness (QED) is 0.275. The zero-order chi connectivity index (χ0) is 27.9. The van der Waals surface area contributed by atoms with Gasteiger partial charge in [-0.25, -0.2) is 4.99 Å². The summed E-state index contributed by atoms with van der Waals surface area (Å²) >= 11 is 0. The number of halogens is 3. The second kappa shape index (κ2) is 12.7. The van der Waals surface area contributed by atoms with E-state index in [4.69, 9.17) is 28.4 Å². The monoisotopic (exact) mass is 539 g/mol. The number of methoxy groups -OCH3 is 1. The van der Waals surface area contributed by atoms with E-state index in [1.807, 2.05) is 0 Å². The number of rotatable bonds is 8. The van der Waals surface area contributed by atoms with Crippen LogP contribution in [0, 0.1) is 0 Å². The molecule has 1 aliphatic rings. The van der Waals surface area contributed by atoms with Crippen LogP contribution in [-0.4, -0.2) is 61.8 Å². The van der Waals surface area contributed by atoms with E-state index in [9.17, 15) is 22.8 Å². The molecule has 0 aromatic heterocycles. The van der Waals surface area contributed by atoms with E-state index in [0.29, 0.717) is 11.3 Å². The van der Waals surface area contributed by atoms with Gasteiger partial charge in [0.15, 0.2) is 18.3 Å². The van der Waals surface area contributed by atoms with E-state index in [0.717, 1.165) is 13.8 Å². The molecule has 3 rings (SSSR count). The molecule has 0 radical (unpaired) electrons. The molecule has 5 atom stereocenters. The highest BCUT2D eigenvalue weighted by Gasteiger charge is 2.52. The number of carbonyl (C=O) groups excluding carboxylic acids is 2. The Morgan fingerprint density at radius 2 is 1.50 bits per heavy atom. The second-order valence-corrected chi connectivity index (χ2v) is 8.35. The van der Waals surface area contributed by atoms with Crippen LogP contribution >= 0.6 is 0 Å². The summed E-state index contributed by atoms with van der Waals surface area (Å²) < 4.78 is 74.5. The number of ether oxygens (including phenoxy) is 6. The first kappa shape index (κ1) is 28.9. The van der Waals surface area contributed by atoms with Crippen molar-refractivity contribution in [3.05, 3.63) is 60.2 Å². The number of alkyl halides is 3. The molecule has 1 fully saturated rings. The minimum Gasteiger partial charge on any atom is -0.497 e. The molecular formula is C26H28F3NO8. The van der Waals surface area contributed by atoms with Crippen molar-refractivity contribution in [2.45, 2.75) is 64.3 Å². The molecule has 38 heavy (non-hydrogen) atoms. The van der Waals surface area contributed by atoms with E-state index in [1.165, 1.54) is 38.3 Å². The molecule has 1 heterocycles. The molecular weight excluding hydrogens is 511 g/mol. The Bertz CT molecular complexity index is 1110. The van der Waals surface area contributed by atoms with Crippen LogP contribution in [0.1, 0.15) is 26.3 Å². The number of hydrogen-bond donors (Lipinski definition) is 0. The van der Waals surface area contributed by atoms with Crippen molar-refractivity contribution in [1.82, 2.24) is 0 Å². The number of hydrogen-bond acceptors (Lipinski definition) is 9. The van der Waals surface area contributed by atoms with E-state index < -0.39 is 54.7 Å². The van der Waals surface area contributed by atoms with Gasteiger partial charge in [-0.1, -0.05) is 30.3 Å². The van der Waals surface area contributed by atoms with Gasteiger partial charge in [-0.15, -0.1) is 0 Å². The largest absolute Gasteiger partial charge is 0.497 e. The fourth-order valence-corrected chi connectivity index (χ4v) is 3.72. The first-order chi connectivity index (χ1) is 18.0. The highest BCUT2D eigenvalue weighted by molar-refractivity contribution is 5.84. The standard InChI is InChI=1S/C26H28F3NO8/c1-15-21(36-16(2)31)22(37-17(3)32)23(34-14-18-10-12-20(33-4)13-11-18)24(35-15)38-25(26(27,28)29)30-19-8-6-5-7-9-19/h5-13,15,21-24H,14H2,1-4H3/t15-,21+,22+,23-,24?/m0/s1. The lowest BCUT2D eigenvalue weighted by Gasteiger charge is -2.43. The predicted molar refractivity (Wildman–Crippen MR) is 128 cm³/mol. The van der Waals surface area contributed by atoms with Crippen molar-refractivity contribution in [3.8, 4) is 5.75 Å². The van der Waals surface area contributed by atoms with Gasteiger partial charge < -0.3 is 28.4 Å². The van der Waals surface area contributed by atoms with Gasteiger partial charge in [-0.05, 0) is 36.8 Å². The van der Waals surface area contributed by atoms with Crippen LogP contribution in [0.2, 0.25) is 0 Å². The Morgan fingerprint density at radius 1 is 0.895 bits per heavy atom. The number of aliphatic imine (C=N–C) groups is 1. The highest BCUT2D eigenvalue weighted by Crippen LogP contribution is 2.32. The first-order valence-corrected chi connectivity index (χ1v) is 11.6. The first-order valence-electron chi connectivity index (χ1n) is 11.6. The zero-order valence-corrected chi connectivity index (χ0v) is 21.1. The molecule has 0 amide bonds. The normalized spacial score (nSPS) is 23.9. The van der Waals surface area contributed by atoms with Crippen molar-refractivity contribution < 1.29 is 51.2 Å². The Balaban J connectivity index is 1.97. The molecule has 0 spiro atoms. The minimum atomic E-state index is -4.99. The molecule has 0 bridgehead atoms. The number of benzene rings is 2. The number of esters is 2. The number of para-hydroxylation sites is 1. The van der Waals surface area contributed by atoms with Crippen LogP contribution in [0.15, 0.2) is 59.6 Å². The maximum absolute atomic E-state index is 13.9. The van der Waals surface area contributed by atoms with Crippen LogP contribution < -0.4 is 4.74 Å². The number of nitrogens with zero attached hydrogens (tertiary/aromatic N) is 1. The molecule has 2 aromatic carbocycles. The summed E-state index contributed by atoms with van der Waals surface area (Å²) in [5, 5.41) is 0. The molecule has 1 unspecified atom stereocenters. The van der Waals surface area contributed by atoms with Gasteiger partial charge in [-0.3, -0.25) is 9.59 Å². The Hall–Kier alpha value is -3.64. The summed E-state index contributed by atoms with van der Waals surface area (Å²) in [6, 6.07) is 14.1. The molecule has 0 aliphatic carbocycles. The Labute approximate surface area is 217 Å². The topological polar surface area (TPSA) is 102 Å². The fourth-order valence-electron chi connectivity index (χ4n) is 3.72.